The third kappa shape index (κ3) is 2.81. The number of hydrogen-bond acceptors (Lipinski definition) is 3. The fourth-order valence-corrected chi connectivity index (χ4v) is 3.35. The van der Waals surface area contributed by atoms with Gasteiger partial charge in [-0.2, -0.15) is 0 Å². The molecule has 0 radical (unpaired) electrons. The van der Waals surface area contributed by atoms with Crippen molar-refractivity contribution in [2.75, 3.05) is 5.32 Å². The molecule has 1 aromatic heterocycles. The number of carbonyl (C=O) groups is 1. The summed E-state index contributed by atoms with van der Waals surface area (Å²) in [6.45, 7) is 0. The number of hydrogen-bond donors (Lipinski definition) is 2. The van der Waals surface area contributed by atoms with E-state index >= 15 is 0 Å². The van der Waals surface area contributed by atoms with Crippen LogP contribution in [0.2, 0.25) is 5.02 Å². The number of rotatable bonds is 5. The zero-order valence-corrected chi connectivity index (χ0v) is 12.2. The molecular formula is C15H14ClNO2S. The van der Waals surface area contributed by atoms with E-state index in [1.165, 1.54) is 17.7 Å². The number of aromatic carboxylic acids is 1. The van der Waals surface area contributed by atoms with Crippen molar-refractivity contribution in [1.82, 2.24) is 0 Å². The van der Waals surface area contributed by atoms with Crippen LogP contribution < -0.4 is 5.32 Å². The Morgan fingerprint density at radius 1 is 1.40 bits per heavy atom. The molecule has 0 aliphatic heterocycles. The largest absolute Gasteiger partial charge is 0.478 e. The lowest BCUT2D eigenvalue weighted by atomic mass is 10.1. The van der Waals surface area contributed by atoms with Crippen molar-refractivity contribution in [3.8, 4) is 0 Å². The van der Waals surface area contributed by atoms with Crippen molar-refractivity contribution in [2.24, 2.45) is 5.92 Å². The molecule has 1 heterocycles. The fraction of sp³-hybridized carbons (Fsp3) is 0.267. The Hall–Kier alpha value is -1.52. The highest BCUT2D eigenvalue weighted by atomic mass is 35.5. The van der Waals surface area contributed by atoms with Crippen LogP contribution in [0.5, 0.6) is 0 Å². The second-order valence-corrected chi connectivity index (χ2v) is 6.36. The van der Waals surface area contributed by atoms with E-state index in [-0.39, 0.29) is 16.6 Å². The summed E-state index contributed by atoms with van der Waals surface area (Å²) < 4.78 is 0. The lowest BCUT2D eigenvalue weighted by Crippen LogP contribution is -2.12. The molecule has 2 aromatic rings. The standard InChI is InChI=1S/C15H14ClNO2S/c16-12-6-5-10(8-11(12)15(18)19)17-14(9-3-4-9)13-2-1-7-20-13/h1-2,5-9,14,17H,3-4H2,(H,18,19). The van der Waals surface area contributed by atoms with Gasteiger partial charge >= 0.3 is 5.97 Å². The highest BCUT2D eigenvalue weighted by Gasteiger charge is 2.33. The second kappa shape index (κ2) is 5.46. The molecule has 1 aliphatic carbocycles. The highest BCUT2D eigenvalue weighted by Crippen LogP contribution is 2.44. The van der Waals surface area contributed by atoms with Gasteiger partial charge in [0, 0.05) is 10.6 Å². The van der Waals surface area contributed by atoms with E-state index in [2.05, 4.69) is 16.8 Å². The quantitative estimate of drug-likeness (QED) is 0.844. The Morgan fingerprint density at radius 2 is 2.20 bits per heavy atom. The molecule has 0 saturated heterocycles. The zero-order valence-electron chi connectivity index (χ0n) is 10.7. The second-order valence-electron chi connectivity index (χ2n) is 4.97. The number of nitrogens with one attached hydrogen (secondary N) is 1. The van der Waals surface area contributed by atoms with Crippen molar-refractivity contribution in [2.45, 2.75) is 18.9 Å². The van der Waals surface area contributed by atoms with E-state index in [0.717, 1.165) is 5.69 Å². The smallest absolute Gasteiger partial charge is 0.337 e. The summed E-state index contributed by atoms with van der Waals surface area (Å²) in [4.78, 5) is 12.4. The topological polar surface area (TPSA) is 49.3 Å². The molecule has 1 aromatic carbocycles. The lowest BCUT2D eigenvalue weighted by molar-refractivity contribution is 0.0697. The molecule has 0 amide bonds. The van der Waals surface area contributed by atoms with Crippen molar-refractivity contribution in [1.29, 1.82) is 0 Å². The predicted molar refractivity (Wildman–Crippen MR) is 81.8 cm³/mol. The van der Waals surface area contributed by atoms with Gasteiger partial charge in [-0.05, 0) is 48.4 Å². The van der Waals surface area contributed by atoms with Crippen LogP contribution >= 0.6 is 22.9 Å². The van der Waals surface area contributed by atoms with Gasteiger partial charge in [0.25, 0.3) is 0 Å². The fourth-order valence-electron chi connectivity index (χ4n) is 2.28. The van der Waals surface area contributed by atoms with E-state index in [9.17, 15) is 4.79 Å². The van der Waals surface area contributed by atoms with E-state index in [1.807, 2.05) is 12.1 Å². The van der Waals surface area contributed by atoms with Crippen LogP contribution in [-0.2, 0) is 0 Å². The maximum absolute atomic E-state index is 11.1. The van der Waals surface area contributed by atoms with E-state index < -0.39 is 5.97 Å². The molecule has 1 saturated carbocycles. The summed E-state index contributed by atoms with van der Waals surface area (Å²) in [5, 5.41) is 14.9. The number of anilines is 1. The van der Waals surface area contributed by atoms with Gasteiger partial charge in [0.15, 0.2) is 0 Å². The van der Waals surface area contributed by atoms with Crippen molar-refractivity contribution < 1.29 is 9.90 Å². The first-order valence-corrected chi connectivity index (χ1v) is 7.73. The zero-order chi connectivity index (χ0) is 14.1. The average molecular weight is 308 g/mol. The summed E-state index contributed by atoms with van der Waals surface area (Å²) in [5.41, 5.74) is 0.939. The van der Waals surface area contributed by atoms with Gasteiger partial charge in [-0.1, -0.05) is 17.7 Å². The Labute approximate surface area is 126 Å². The van der Waals surface area contributed by atoms with E-state index in [1.54, 1.807) is 23.5 Å². The maximum Gasteiger partial charge on any atom is 0.337 e. The molecule has 5 heteroatoms. The maximum atomic E-state index is 11.1. The third-order valence-corrected chi connectivity index (χ3v) is 4.75. The van der Waals surface area contributed by atoms with Gasteiger partial charge in [0.05, 0.1) is 16.6 Å². The number of benzene rings is 1. The molecule has 3 nitrogen and oxygen atoms in total. The third-order valence-electron chi connectivity index (χ3n) is 3.46. The van der Waals surface area contributed by atoms with Crippen molar-refractivity contribution >= 4 is 34.6 Å². The summed E-state index contributed by atoms with van der Waals surface area (Å²) in [6.07, 6.45) is 2.43. The minimum Gasteiger partial charge on any atom is -0.478 e. The molecule has 1 unspecified atom stereocenters. The molecular weight excluding hydrogens is 294 g/mol. The molecule has 1 aliphatic rings. The average Bonchev–Trinajstić information content (AvgIpc) is 3.12. The molecule has 0 spiro atoms. The molecule has 0 bridgehead atoms. The number of carboxylic acid groups (broad SMARTS) is 1. The molecule has 20 heavy (non-hydrogen) atoms. The van der Waals surface area contributed by atoms with Crippen LogP contribution in [0.15, 0.2) is 35.7 Å². The minimum absolute atomic E-state index is 0.136. The van der Waals surface area contributed by atoms with Crippen LogP contribution in [0, 0.1) is 5.92 Å². The molecule has 3 rings (SSSR count). The van der Waals surface area contributed by atoms with Crippen LogP contribution in [-0.4, -0.2) is 11.1 Å². The van der Waals surface area contributed by atoms with Gasteiger partial charge < -0.3 is 10.4 Å². The summed E-state index contributed by atoms with van der Waals surface area (Å²) in [6, 6.07) is 9.49. The highest BCUT2D eigenvalue weighted by molar-refractivity contribution is 7.10. The molecule has 1 fully saturated rings. The first-order valence-electron chi connectivity index (χ1n) is 6.48. The Kier molecular flexibility index (Phi) is 3.68. The number of thiophene rings is 1. The van der Waals surface area contributed by atoms with Gasteiger partial charge in [0.2, 0.25) is 0 Å². The molecule has 2 N–H and O–H groups in total. The number of carboxylic acids is 1. The van der Waals surface area contributed by atoms with Gasteiger partial charge in [-0.3, -0.25) is 0 Å². The van der Waals surface area contributed by atoms with E-state index in [4.69, 9.17) is 16.7 Å². The van der Waals surface area contributed by atoms with Crippen LogP contribution in [0.3, 0.4) is 0 Å². The van der Waals surface area contributed by atoms with Crippen LogP contribution in [0.1, 0.15) is 34.1 Å². The lowest BCUT2D eigenvalue weighted by Gasteiger charge is -2.18. The van der Waals surface area contributed by atoms with Crippen LogP contribution in [0.25, 0.3) is 0 Å². The number of halogens is 1. The first kappa shape index (κ1) is 13.5. The van der Waals surface area contributed by atoms with Crippen molar-refractivity contribution in [3.05, 3.63) is 51.2 Å². The molecule has 104 valence electrons. The normalized spacial score (nSPS) is 15.8. The SMILES string of the molecule is O=C(O)c1cc(NC(c2cccs2)C2CC2)ccc1Cl. The summed E-state index contributed by atoms with van der Waals surface area (Å²) in [5.74, 6) is -0.365. The Morgan fingerprint density at radius 3 is 2.80 bits per heavy atom. The van der Waals surface area contributed by atoms with E-state index in [0.29, 0.717) is 5.92 Å². The minimum atomic E-state index is -1.00. The van der Waals surface area contributed by atoms with Crippen LogP contribution in [0.4, 0.5) is 5.69 Å². The van der Waals surface area contributed by atoms with Crippen molar-refractivity contribution in [3.63, 3.8) is 0 Å². The molecule has 1 atom stereocenters. The van der Waals surface area contributed by atoms with Gasteiger partial charge in [-0.25, -0.2) is 4.79 Å². The first-order chi connectivity index (χ1) is 9.65. The Balaban J connectivity index is 1.86. The monoisotopic (exact) mass is 307 g/mol. The van der Waals surface area contributed by atoms with Gasteiger partial charge in [-0.15, -0.1) is 11.3 Å². The summed E-state index contributed by atoms with van der Waals surface area (Å²) >= 11 is 7.62. The summed E-state index contributed by atoms with van der Waals surface area (Å²) in [7, 11) is 0. The Bertz CT molecular complexity index is 623. The van der Waals surface area contributed by atoms with Gasteiger partial charge in [0.1, 0.15) is 0 Å². The predicted octanol–water partition coefficient (Wildman–Crippen LogP) is 4.66.